The van der Waals surface area contributed by atoms with Crippen molar-refractivity contribution >= 4 is 65.4 Å². The molecule has 0 spiro atoms. The largest absolute Gasteiger partial charge is 0.338 e. The number of hydrogen-bond acceptors (Lipinski definition) is 1. The molecule has 0 radical (unpaired) electrons. The van der Waals surface area contributed by atoms with E-state index < -0.39 is 0 Å². The molecular formula is C36H28N4. The van der Waals surface area contributed by atoms with E-state index in [0.717, 1.165) is 28.7 Å². The average Bonchev–Trinajstić information content (AvgIpc) is 3.63. The van der Waals surface area contributed by atoms with E-state index in [9.17, 15) is 0 Å². The third kappa shape index (κ3) is 2.75. The van der Waals surface area contributed by atoms with E-state index in [4.69, 9.17) is 5.84 Å². The molecule has 8 aromatic rings. The Balaban J connectivity index is 1.50. The molecule has 1 aliphatic rings. The molecule has 0 saturated heterocycles. The SMILES string of the molecule is Nn1c2c(ccc3c2c2ccccc2n3C2C=CCCC2)c2ccc3c4ccccc4n(-c4ccccc4)c3c21. The fourth-order valence-electron chi connectivity index (χ4n) is 7.36. The molecule has 0 amide bonds. The zero-order valence-corrected chi connectivity index (χ0v) is 22.1. The highest BCUT2D eigenvalue weighted by molar-refractivity contribution is 6.29. The maximum absolute atomic E-state index is 7.23. The number of benzene rings is 5. The van der Waals surface area contributed by atoms with E-state index in [1.807, 2.05) is 4.68 Å². The van der Waals surface area contributed by atoms with Crippen molar-refractivity contribution in [3.8, 4) is 5.69 Å². The maximum Gasteiger partial charge on any atom is 0.0950 e. The van der Waals surface area contributed by atoms with Gasteiger partial charge in [0.15, 0.2) is 0 Å². The highest BCUT2D eigenvalue weighted by atomic mass is 15.3. The van der Waals surface area contributed by atoms with Crippen LogP contribution in [0, 0.1) is 0 Å². The van der Waals surface area contributed by atoms with Crippen LogP contribution in [0.2, 0.25) is 0 Å². The molecule has 1 unspecified atom stereocenters. The van der Waals surface area contributed by atoms with Crippen molar-refractivity contribution in [2.75, 3.05) is 5.84 Å². The Bertz CT molecular complexity index is 2310. The number of allylic oxidation sites excluding steroid dienone is 2. The summed E-state index contributed by atoms with van der Waals surface area (Å²) in [6.07, 6.45) is 8.27. The van der Waals surface area contributed by atoms with Crippen molar-refractivity contribution in [2.24, 2.45) is 0 Å². The minimum Gasteiger partial charge on any atom is -0.338 e. The fraction of sp³-hybridized carbons (Fsp3) is 0.111. The van der Waals surface area contributed by atoms with E-state index in [1.54, 1.807) is 0 Å². The average molecular weight is 517 g/mol. The van der Waals surface area contributed by atoms with Gasteiger partial charge in [0, 0.05) is 43.5 Å². The van der Waals surface area contributed by atoms with E-state index in [2.05, 4.69) is 124 Å². The topological polar surface area (TPSA) is 40.8 Å². The Hall–Kier alpha value is -4.96. The number of rotatable bonds is 2. The van der Waals surface area contributed by atoms with E-state index >= 15 is 0 Å². The number of hydrogen-bond donors (Lipinski definition) is 1. The zero-order valence-electron chi connectivity index (χ0n) is 22.1. The summed E-state index contributed by atoms with van der Waals surface area (Å²) in [6.45, 7) is 0. The normalized spacial score (nSPS) is 15.9. The fourth-order valence-corrected chi connectivity index (χ4v) is 7.36. The first-order valence-corrected chi connectivity index (χ1v) is 14.2. The van der Waals surface area contributed by atoms with Crippen molar-refractivity contribution in [3.05, 3.63) is 115 Å². The number of nitrogens with zero attached hydrogens (tertiary/aromatic N) is 3. The summed E-state index contributed by atoms with van der Waals surface area (Å²) >= 11 is 0. The van der Waals surface area contributed by atoms with Crippen molar-refractivity contribution in [1.29, 1.82) is 0 Å². The molecule has 3 heterocycles. The molecule has 1 atom stereocenters. The highest BCUT2D eigenvalue weighted by Gasteiger charge is 2.24. The molecule has 192 valence electrons. The van der Waals surface area contributed by atoms with Crippen molar-refractivity contribution in [3.63, 3.8) is 0 Å². The Kier molecular flexibility index (Phi) is 4.40. The van der Waals surface area contributed by atoms with Crippen molar-refractivity contribution in [2.45, 2.75) is 25.3 Å². The van der Waals surface area contributed by atoms with Gasteiger partial charge in [0.2, 0.25) is 0 Å². The van der Waals surface area contributed by atoms with Gasteiger partial charge in [-0.05, 0) is 49.6 Å². The minimum absolute atomic E-state index is 0.358. The Morgan fingerprint density at radius 1 is 0.575 bits per heavy atom. The molecule has 9 rings (SSSR count). The summed E-state index contributed by atoms with van der Waals surface area (Å²) in [5, 5.41) is 7.32. The summed E-state index contributed by atoms with van der Waals surface area (Å²) in [6, 6.07) is 37.6. The molecule has 4 nitrogen and oxygen atoms in total. The molecular weight excluding hydrogens is 488 g/mol. The van der Waals surface area contributed by atoms with Crippen LogP contribution in [0.25, 0.3) is 71.1 Å². The van der Waals surface area contributed by atoms with Gasteiger partial charge in [0.05, 0.1) is 33.6 Å². The summed E-state index contributed by atoms with van der Waals surface area (Å²) in [5.74, 6) is 7.23. The summed E-state index contributed by atoms with van der Waals surface area (Å²) in [4.78, 5) is 0. The molecule has 5 aromatic carbocycles. The van der Waals surface area contributed by atoms with Crippen LogP contribution in [-0.4, -0.2) is 13.8 Å². The van der Waals surface area contributed by atoms with E-state index in [1.165, 1.54) is 61.7 Å². The van der Waals surface area contributed by atoms with Crippen molar-refractivity contribution in [1.82, 2.24) is 13.8 Å². The molecule has 0 saturated carbocycles. The van der Waals surface area contributed by atoms with Crippen LogP contribution in [0.15, 0.2) is 115 Å². The van der Waals surface area contributed by atoms with E-state index in [-0.39, 0.29) is 0 Å². The Morgan fingerprint density at radius 3 is 2.05 bits per heavy atom. The van der Waals surface area contributed by atoms with Crippen molar-refractivity contribution < 1.29 is 0 Å². The van der Waals surface area contributed by atoms with Gasteiger partial charge in [-0.2, -0.15) is 0 Å². The van der Waals surface area contributed by atoms with Crippen LogP contribution in [0.3, 0.4) is 0 Å². The third-order valence-corrected chi connectivity index (χ3v) is 9.01. The lowest BCUT2D eigenvalue weighted by Crippen LogP contribution is -2.09. The minimum atomic E-state index is 0.358. The van der Waals surface area contributed by atoms with E-state index in [0.29, 0.717) is 6.04 Å². The summed E-state index contributed by atoms with van der Waals surface area (Å²) < 4.78 is 6.89. The van der Waals surface area contributed by atoms with Gasteiger partial charge < -0.3 is 15.0 Å². The summed E-state index contributed by atoms with van der Waals surface area (Å²) in [7, 11) is 0. The van der Waals surface area contributed by atoms with Crippen LogP contribution in [0.4, 0.5) is 0 Å². The second kappa shape index (κ2) is 8.03. The van der Waals surface area contributed by atoms with Gasteiger partial charge in [-0.1, -0.05) is 84.9 Å². The number of aromatic nitrogens is 3. The van der Waals surface area contributed by atoms with Gasteiger partial charge >= 0.3 is 0 Å². The standard InChI is InChI=1S/C36H28N4/c37-40-34-27(21-22-32-33(34)29-16-8-10-18-31(29)38(32)23-11-3-1-4-12-23)28-20-19-26-25-15-7-9-17-30(25)39(35(26)36(28)40)24-13-5-2-6-14-24/h2-3,5-11,13-23H,1,4,12,37H2. The highest BCUT2D eigenvalue weighted by Crippen LogP contribution is 2.44. The number of nitrogens with two attached hydrogens (primary N) is 1. The summed E-state index contributed by atoms with van der Waals surface area (Å²) in [5.41, 5.74) is 8.16. The lowest BCUT2D eigenvalue weighted by Gasteiger charge is -2.20. The van der Waals surface area contributed by atoms with Gasteiger partial charge in [-0.15, -0.1) is 0 Å². The molecule has 0 fully saturated rings. The second-order valence-electron chi connectivity index (χ2n) is 11.1. The van der Waals surface area contributed by atoms with Crippen LogP contribution >= 0.6 is 0 Å². The second-order valence-corrected chi connectivity index (χ2v) is 11.1. The van der Waals surface area contributed by atoms with Gasteiger partial charge in [-0.3, -0.25) is 4.68 Å². The monoisotopic (exact) mass is 516 g/mol. The number of nitrogen functional groups attached to an aromatic ring is 1. The molecule has 3 aromatic heterocycles. The van der Waals surface area contributed by atoms with Gasteiger partial charge in [0.25, 0.3) is 0 Å². The Morgan fingerprint density at radius 2 is 1.25 bits per heavy atom. The third-order valence-electron chi connectivity index (χ3n) is 9.01. The van der Waals surface area contributed by atoms with Crippen LogP contribution < -0.4 is 5.84 Å². The van der Waals surface area contributed by atoms with Gasteiger partial charge in [0.1, 0.15) is 0 Å². The predicted molar refractivity (Wildman–Crippen MR) is 169 cm³/mol. The first-order valence-electron chi connectivity index (χ1n) is 14.2. The lowest BCUT2D eigenvalue weighted by molar-refractivity contribution is 0.542. The van der Waals surface area contributed by atoms with Crippen LogP contribution in [0.1, 0.15) is 25.3 Å². The molecule has 4 heteroatoms. The molecule has 40 heavy (non-hydrogen) atoms. The molecule has 2 N–H and O–H groups in total. The molecule has 1 aliphatic carbocycles. The quantitative estimate of drug-likeness (QED) is 0.181. The molecule has 0 aliphatic heterocycles. The lowest BCUT2D eigenvalue weighted by atomic mass is 10.0. The number of para-hydroxylation sites is 3. The first kappa shape index (κ1) is 21.9. The smallest absolute Gasteiger partial charge is 0.0950 e. The van der Waals surface area contributed by atoms with Gasteiger partial charge in [-0.25, -0.2) is 0 Å². The number of fused-ring (bicyclic) bond motifs is 11. The Labute approximate surface area is 231 Å². The van der Waals surface area contributed by atoms with Crippen LogP contribution in [-0.2, 0) is 0 Å². The predicted octanol–water partition coefficient (Wildman–Crippen LogP) is 8.99. The molecule has 0 bridgehead atoms. The zero-order chi connectivity index (χ0) is 26.4. The first-order chi connectivity index (χ1) is 19.8. The van der Waals surface area contributed by atoms with Crippen LogP contribution in [0.5, 0.6) is 0 Å². The maximum atomic E-state index is 7.23.